The lowest BCUT2D eigenvalue weighted by Gasteiger charge is -2.22. The van der Waals surface area contributed by atoms with Gasteiger partial charge in [-0.25, -0.2) is 0 Å². The Kier molecular flexibility index (Phi) is 9.04. The minimum Gasteiger partial charge on any atom is -0.495 e. The number of rotatable bonds is 9. The molecule has 0 aliphatic rings. The van der Waals surface area contributed by atoms with Crippen LogP contribution in [0.2, 0.25) is 10.0 Å². The van der Waals surface area contributed by atoms with E-state index in [0.29, 0.717) is 38.0 Å². The van der Waals surface area contributed by atoms with Gasteiger partial charge in [-0.2, -0.15) is 0 Å². The van der Waals surface area contributed by atoms with Gasteiger partial charge in [0.2, 0.25) is 5.91 Å². The Balaban J connectivity index is 1.69. The molecule has 0 unspecified atom stereocenters. The second-order valence-corrected chi connectivity index (χ2v) is 10.0. The number of ether oxygens (including phenoxy) is 1. The Morgan fingerprint density at radius 3 is 2.51 bits per heavy atom. The van der Waals surface area contributed by atoms with Crippen molar-refractivity contribution < 1.29 is 14.3 Å². The monoisotopic (exact) mass is 535 g/mol. The van der Waals surface area contributed by atoms with E-state index in [0.717, 1.165) is 5.56 Å². The van der Waals surface area contributed by atoms with Crippen molar-refractivity contribution >= 4 is 52.5 Å². The average Bonchev–Trinajstić information content (AvgIpc) is 3.17. The molecule has 0 fully saturated rings. The minimum absolute atomic E-state index is 0.0274. The van der Waals surface area contributed by atoms with E-state index in [-0.39, 0.29) is 23.5 Å². The van der Waals surface area contributed by atoms with Gasteiger partial charge in [0.05, 0.1) is 34.6 Å². The van der Waals surface area contributed by atoms with Crippen LogP contribution in [0.15, 0.2) is 41.6 Å². The Morgan fingerprint density at radius 1 is 1.11 bits per heavy atom. The normalized spacial score (nSPS) is 11.9. The molecule has 2 N–H and O–H groups in total. The molecule has 186 valence electrons. The van der Waals surface area contributed by atoms with Gasteiger partial charge in [-0.05, 0) is 48.7 Å². The van der Waals surface area contributed by atoms with Gasteiger partial charge in [0.15, 0.2) is 11.0 Å². The number of anilines is 1. The Bertz CT molecular complexity index is 1230. The first kappa shape index (κ1) is 26.8. The highest BCUT2D eigenvalue weighted by Gasteiger charge is 2.25. The Labute approximate surface area is 218 Å². The standard InChI is InChI=1S/C24H27Cl2N5O3S/c1-13(2)21(28-23(33)15-7-8-16(25)17(26)11-15)22-29-30-24(31(22)4)35-12-20(32)27-18-10-14(3)6-9-19(18)34-5/h6-11,13,21H,12H2,1-5H3,(H,27,32)(H,28,33)/t21-/m0/s1. The summed E-state index contributed by atoms with van der Waals surface area (Å²) in [7, 11) is 3.36. The van der Waals surface area contributed by atoms with Crippen molar-refractivity contribution in [1.82, 2.24) is 20.1 Å². The van der Waals surface area contributed by atoms with Crippen molar-refractivity contribution in [3.8, 4) is 5.75 Å². The van der Waals surface area contributed by atoms with Crippen LogP contribution in [0.25, 0.3) is 0 Å². The van der Waals surface area contributed by atoms with E-state index in [9.17, 15) is 9.59 Å². The summed E-state index contributed by atoms with van der Waals surface area (Å²) in [6.45, 7) is 5.89. The summed E-state index contributed by atoms with van der Waals surface area (Å²) in [5, 5.41) is 15.6. The summed E-state index contributed by atoms with van der Waals surface area (Å²) in [5.74, 6) is 0.830. The van der Waals surface area contributed by atoms with Gasteiger partial charge >= 0.3 is 0 Å². The van der Waals surface area contributed by atoms with Crippen LogP contribution in [0.3, 0.4) is 0 Å². The number of aromatic nitrogens is 3. The molecule has 3 rings (SSSR count). The number of nitrogens with zero attached hydrogens (tertiary/aromatic N) is 3. The molecule has 2 amide bonds. The lowest BCUT2D eigenvalue weighted by atomic mass is 10.0. The molecular formula is C24H27Cl2N5O3S. The third-order valence-electron chi connectivity index (χ3n) is 5.24. The SMILES string of the molecule is COc1ccc(C)cc1NC(=O)CSc1nnc([C@@H](NC(=O)c2ccc(Cl)c(Cl)c2)C(C)C)n1C. The molecule has 0 saturated heterocycles. The molecule has 0 saturated carbocycles. The van der Waals surface area contributed by atoms with Crippen LogP contribution in [-0.2, 0) is 11.8 Å². The van der Waals surface area contributed by atoms with Crippen LogP contribution < -0.4 is 15.4 Å². The zero-order valence-corrected chi connectivity index (χ0v) is 22.4. The highest BCUT2D eigenvalue weighted by molar-refractivity contribution is 7.99. The van der Waals surface area contributed by atoms with E-state index in [2.05, 4.69) is 20.8 Å². The molecule has 11 heteroatoms. The lowest BCUT2D eigenvalue weighted by molar-refractivity contribution is -0.113. The first-order valence-corrected chi connectivity index (χ1v) is 12.6. The molecule has 0 aliphatic heterocycles. The quantitative estimate of drug-likeness (QED) is 0.361. The maximum Gasteiger partial charge on any atom is 0.251 e. The van der Waals surface area contributed by atoms with E-state index < -0.39 is 6.04 Å². The number of methoxy groups -OCH3 is 1. The fourth-order valence-corrected chi connectivity index (χ4v) is 4.37. The molecule has 2 aromatic carbocycles. The van der Waals surface area contributed by atoms with Crippen molar-refractivity contribution in [3.63, 3.8) is 0 Å². The number of nitrogens with one attached hydrogen (secondary N) is 2. The molecule has 0 bridgehead atoms. The zero-order chi connectivity index (χ0) is 25.7. The van der Waals surface area contributed by atoms with Gasteiger partial charge in [-0.3, -0.25) is 9.59 Å². The highest BCUT2D eigenvalue weighted by atomic mass is 35.5. The number of carbonyl (C=O) groups excluding carboxylic acids is 2. The van der Waals surface area contributed by atoms with Crippen molar-refractivity contribution in [3.05, 3.63) is 63.4 Å². The number of carbonyl (C=O) groups is 2. The predicted molar refractivity (Wildman–Crippen MR) is 140 cm³/mol. The lowest BCUT2D eigenvalue weighted by Crippen LogP contribution is -2.33. The van der Waals surface area contributed by atoms with E-state index in [1.807, 2.05) is 39.0 Å². The van der Waals surface area contributed by atoms with Gasteiger partial charge in [-0.15, -0.1) is 10.2 Å². The fraction of sp³-hybridized carbons (Fsp3) is 0.333. The van der Waals surface area contributed by atoms with E-state index >= 15 is 0 Å². The zero-order valence-electron chi connectivity index (χ0n) is 20.1. The second kappa shape index (κ2) is 11.8. The number of aryl methyl sites for hydroxylation is 1. The minimum atomic E-state index is -0.408. The molecule has 0 radical (unpaired) electrons. The van der Waals surface area contributed by atoms with Crippen LogP contribution in [0.4, 0.5) is 5.69 Å². The molecule has 1 heterocycles. The average molecular weight is 536 g/mol. The van der Waals surface area contributed by atoms with Gasteiger partial charge in [0.1, 0.15) is 5.75 Å². The third-order valence-corrected chi connectivity index (χ3v) is 7.00. The first-order chi connectivity index (χ1) is 16.6. The predicted octanol–water partition coefficient (Wildman–Crippen LogP) is 5.30. The summed E-state index contributed by atoms with van der Waals surface area (Å²) in [6.07, 6.45) is 0. The number of thioether (sulfide) groups is 1. The topological polar surface area (TPSA) is 98.1 Å². The first-order valence-electron chi connectivity index (χ1n) is 10.8. The van der Waals surface area contributed by atoms with Crippen LogP contribution in [0.5, 0.6) is 5.75 Å². The number of halogens is 2. The molecule has 1 aromatic heterocycles. The summed E-state index contributed by atoms with van der Waals surface area (Å²) >= 11 is 13.3. The Morgan fingerprint density at radius 2 is 1.86 bits per heavy atom. The van der Waals surface area contributed by atoms with Crippen molar-refractivity contribution in [2.24, 2.45) is 13.0 Å². The molecule has 0 aliphatic carbocycles. The van der Waals surface area contributed by atoms with Gasteiger partial charge in [0, 0.05) is 12.6 Å². The summed E-state index contributed by atoms with van der Waals surface area (Å²) in [4.78, 5) is 25.4. The maximum absolute atomic E-state index is 12.8. The third kappa shape index (κ3) is 6.68. The Hall–Kier alpha value is -2.75. The van der Waals surface area contributed by atoms with Crippen LogP contribution in [-0.4, -0.2) is 39.4 Å². The molecule has 0 spiro atoms. The molecule has 35 heavy (non-hydrogen) atoms. The van der Waals surface area contributed by atoms with Crippen molar-refractivity contribution in [2.75, 3.05) is 18.2 Å². The molecule has 8 nitrogen and oxygen atoms in total. The molecular weight excluding hydrogens is 509 g/mol. The summed E-state index contributed by atoms with van der Waals surface area (Å²) in [6, 6.07) is 9.89. The second-order valence-electron chi connectivity index (χ2n) is 8.26. The summed E-state index contributed by atoms with van der Waals surface area (Å²) < 4.78 is 7.10. The number of hydrogen-bond acceptors (Lipinski definition) is 6. The fourth-order valence-electron chi connectivity index (χ4n) is 3.35. The molecule has 1 atom stereocenters. The van der Waals surface area contributed by atoms with Crippen LogP contribution in [0, 0.1) is 12.8 Å². The van der Waals surface area contributed by atoms with Crippen LogP contribution >= 0.6 is 35.0 Å². The van der Waals surface area contributed by atoms with Gasteiger partial charge in [-0.1, -0.05) is 54.9 Å². The number of hydrogen-bond donors (Lipinski definition) is 2. The van der Waals surface area contributed by atoms with Gasteiger partial charge in [0.25, 0.3) is 5.91 Å². The smallest absolute Gasteiger partial charge is 0.251 e. The van der Waals surface area contributed by atoms with Crippen molar-refractivity contribution in [2.45, 2.75) is 32.0 Å². The van der Waals surface area contributed by atoms with E-state index in [1.54, 1.807) is 30.9 Å². The van der Waals surface area contributed by atoms with Crippen LogP contribution in [0.1, 0.15) is 41.6 Å². The molecule has 3 aromatic rings. The van der Waals surface area contributed by atoms with Gasteiger partial charge < -0.3 is 19.9 Å². The maximum atomic E-state index is 12.8. The number of amides is 2. The van der Waals surface area contributed by atoms with Crippen molar-refractivity contribution in [1.29, 1.82) is 0 Å². The largest absolute Gasteiger partial charge is 0.495 e. The number of benzene rings is 2. The van der Waals surface area contributed by atoms with E-state index in [1.165, 1.54) is 17.8 Å². The highest BCUT2D eigenvalue weighted by Crippen LogP contribution is 2.28. The van der Waals surface area contributed by atoms with E-state index in [4.69, 9.17) is 27.9 Å². The summed E-state index contributed by atoms with van der Waals surface area (Å²) in [5.41, 5.74) is 2.01.